The average Bonchev–Trinajstić information content (AvgIpc) is 1.46. The molecule has 7 heavy (non-hydrogen) atoms. The smallest absolute Gasteiger partial charge is 0.0402 e. The third-order valence-electron chi connectivity index (χ3n) is 0. The van der Waals surface area contributed by atoms with E-state index in [2.05, 4.69) is 13.2 Å². The van der Waals surface area contributed by atoms with Crippen LogP contribution in [0.3, 0.4) is 0 Å². The molecule has 0 rings (SSSR count). The van der Waals surface area contributed by atoms with E-state index in [1.54, 1.807) is 6.92 Å². The first kappa shape index (κ1) is 30.5. The van der Waals surface area contributed by atoms with Gasteiger partial charge in [0.25, 0.3) is 0 Å². The van der Waals surface area contributed by atoms with E-state index in [1.165, 1.54) is 0 Å². The molecule has 3 nitrogen and oxygen atoms in total. The summed E-state index contributed by atoms with van der Waals surface area (Å²) in [5.74, 6) is 0. The maximum absolute atomic E-state index is 7.57. The van der Waals surface area contributed by atoms with Crippen LogP contribution >= 0.6 is 0 Å². The minimum atomic E-state index is 0. The molecule has 0 heterocycles. The van der Waals surface area contributed by atoms with Crippen molar-refractivity contribution in [2.75, 3.05) is 6.61 Å². The van der Waals surface area contributed by atoms with Gasteiger partial charge in [0.05, 0.1) is 0 Å². The molecule has 0 atom stereocenters. The summed E-state index contributed by atoms with van der Waals surface area (Å²) in [5.41, 5.74) is 0. The van der Waals surface area contributed by atoms with Crippen molar-refractivity contribution >= 4 is 0 Å². The summed E-state index contributed by atoms with van der Waals surface area (Å²) in [6.07, 6.45) is 0. The number of hydrogen-bond donors (Lipinski definition) is 3. The summed E-state index contributed by atoms with van der Waals surface area (Å²) >= 11 is 0. The molecule has 0 radical (unpaired) electrons. The van der Waals surface area contributed by atoms with Gasteiger partial charge in [0.1, 0.15) is 0 Å². The second-order valence-electron chi connectivity index (χ2n) is 0.316. The van der Waals surface area contributed by atoms with Gasteiger partial charge in [-0.2, -0.15) is 0 Å². The van der Waals surface area contributed by atoms with Crippen molar-refractivity contribution in [3.8, 4) is 0 Å². The van der Waals surface area contributed by atoms with E-state index in [1.807, 2.05) is 0 Å². The Kier molecular flexibility index (Phi) is 1360. The average molecular weight is 108 g/mol. The molecule has 0 saturated carbocycles. The molecule has 0 aromatic rings. The monoisotopic (exact) mass is 108 g/mol. The molecule has 0 aliphatic carbocycles. The van der Waals surface area contributed by atoms with Gasteiger partial charge in [0, 0.05) is 6.61 Å². The molecular weight excluding hydrogens is 92.1 g/mol. The summed E-state index contributed by atoms with van der Waals surface area (Å²) in [6, 6.07) is 0. The first-order valence-electron chi connectivity index (χ1n) is 1.52. The van der Waals surface area contributed by atoms with Crippen molar-refractivity contribution in [3.63, 3.8) is 0 Å². The van der Waals surface area contributed by atoms with Crippen LogP contribution in [-0.2, 0) is 0 Å². The Balaban J connectivity index is -0.0000000105. The Labute approximate surface area is 45.2 Å². The van der Waals surface area contributed by atoms with Gasteiger partial charge in [0.15, 0.2) is 0 Å². The van der Waals surface area contributed by atoms with Gasteiger partial charge in [-0.25, -0.2) is 0 Å². The maximum Gasteiger partial charge on any atom is 0.0402 e. The van der Waals surface area contributed by atoms with E-state index in [-0.39, 0.29) is 18.9 Å². The van der Waals surface area contributed by atoms with Crippen LogP contribution in [0.4, 0.5) is 0 Å². The zero-order valence-corrected chi connectivity index (χ0v) is 4.98. The Bertz CT molecular complexity index is 13.7. The fourth-order valence-corrected chi connectivity index (χ4v) is 0. The largest absolute Gasteiger partial charge is 0.397 e. The van der Waals surface area contributed by atoms with Gasteiger partial charge >= 0.3 is 0 Å². The van der Waals surface area contributed by atoms with Crippen LogP contribution in [0.1, 0.15) is 6.92 Å². The molecule has 0 amide bonds. The molecule has 0 saturated heterocycles. The Hall–Kier alpha value is -0.380. The van der Waals surface area contributed by atoms with Crippen molar-refractivity contribution in [1.29, 1.82) is 0 Å². The topological polar surface area (TPSA) is 90.2 Å². The Morgan fingerprint density at radius 2 is 1.29 bits per heavy atom. The summed E-state index contributed by atoms with van der Waals surface area (Å²) in [4.78, 5) is 0. The number of aliphatic hydroxyl groups is 1. The first-order chi connectivity index (χ1) is 2.41. The van der Waals surface area contributed by atoms with Gasteiger partial charge < -0.3 is 17.4 Å². The summed E-state index contributed by atoms with van der Waals surface area (Å²) in [6.45, 7) is 7.93. The lowest BCUT2D eigenvalue weighted by molar-refractivity contribution is 0.318. The third kappa shape index (κ3) is 510. The lowest BCUT2D eigenvalue weighted by Crippen LogP contribution is -1.57. The fourth-order valence-electron chi connectivity index (χ4n) is 0. The van der Waals surface area contributed by atoms with Gasteiger partial charge in [-0.15, -0.1) is 13.2 Å². The highest BCUT2D eigenvalue weighted by molar-refractivity contribution is 4.22. The van der Waals surface area contributed by atoms with Gasteiger partial charge in [-0.1, -0.05) is 0 Å². The van der Waals surface area contributed by atoms with Crippen LogP contribution in [0, 0.1) is 0 Å². The van der Waals surface area contributed by atoms with Crippen molar-refractivity contribution in [3.05, 3.63) is 13.2 Å². The van der Waals surface area contributed by atoms with Crippen molar-refractivity contribution in [2.24, 2.45) is 0 Å². The number of rotatable bonds is 0. The Morgan fingerprint density at radius 3 is 1.29 bits per heavy atom. The molecule has 0 spiro atoms. The molecular formula is C4H16N2O. The highest BCUT2D eigenvalue weighted by Gasteiger charge is 1.34. The van der Waals surface area contributed by atoms with Crippen LogP contribution in [0.25, 0.3) is 0 Å². The third-order valence-corrected chi connectivity index (χ3v) is 0. The molecule has 0 aromatic heterocycles. The van der Waals surface area contributed by atoms with Crippen LogP contribution < -0.4 is 12.3 Å². The minimum Gasteiger partial charge on any atom is -0.397 e. The SMILES string of the molecule is C=C.CCO.N.N. The molecule has 0 unspecified atom stereocenters. The highest BCUT2D eigenvalue weighted by Crippen LogP contribution is 1.30. The van der Waals surface area contributed by atoms with E-state index in [9.17, 15) is 0 Å². The van der Waals surface area contributed by atoms with E-state index in [4.69, 9.17) is 5.11 Å². The Morgan fingerprint density at radius 1 is 1.29 bits per heavy atom. The summed E-state index contributed by atoms with van der Waals surface area (Å²) in [7, 11) is 0. The van der Waals surface area contributed by atoms with Crippen molar-refractivity contribution in [2.45, 2.75) is 6.92 Å². The molecule has 3 heteroatoms. The van der Waals surface area contributed by atoms with Gasteiger partial charge in [-0.05, 0) is 6.92 Å². The fraction of sp³-hybridized carbons (Fsp3) is 0.500. The van der Waals surface area contributed by atoms with Crippen LogP contribution in [-0.4, -0.2) is 11.7 Å². The molecule has 0 fully saturated rings. The molecule has 0 aliphatic rings. The van der Waals surface area contributed by atoms with E-state index in [0.717, 1.165) is 0 Å². The normalized spacial score (nSPS) is 3.14. The van der Waals surface area contributed by atoms with Gasteiger partial charge in [-0.3, -0.25) is 0 Å². The van der Waals surface area contributed by atoms with Crippen LogP contribution in [0.2, 0.25) is 0 Å². The molecule has 0 aromatic carbocycles. The van der Waals surface area contributed by atoms with Crippen molar-refractivity contribution in [1.82, 2.24) is 12.3 Å². The first-order valence-corrected chi connectivity index (χ1v) is 1.52. The highest BCUT2D eigenvalue weighted by atomic mass is 16.2. The maximum atomic E-state index is 7.57. The lowest BCUT2D eigenvalue weighted by Gasteiger charge is -1.52. The van der Waals surface area contributed by atoms with Crippen LogP contribution in [0.5, 0.6) is 0 Å². The predicted octanol–water partition coefficient (Wildman–Crippen LogP) is 1.12. The lowest BCUT2D eigenvalue weighted by atomic mass is 10.9. The van der Waals surface area contributed by atoms with Crippen molar-refractivity contribution < 1.29 is 5.11 Å². The van der Waals surface area contributed by atoms with E-state index >= 15 is 0 Å². The van der Waals surface area contributed by atoms with E-state index in [0.29, 0.717) is 0 Å². The zero-order chi connectivity index (χ0) is 4.71. The second kappa shape index (κ2) is 312. The number of hydrogen-bond acceptors (Lipinski definition) is 3. The summed E-state index contributed by atoms with van der Waals surface area (Å²) in [5, 5.41) is 7.57. The standard InChI is InChI=1S/C2H6O.C2H4.2H3N/c1-2-3;1-2;;/h3H,2H2,1H3;1-2H2;2*1H3. The van der Waals surface area contributed by atoms with Crippen LogP contribution in [0.15, 0.2) is 13.2 Å². The molecule has 0 bridgehead atoms. The molecule has 48 valence electrons. The zero-order valence-electron chi connectivity index (χ0n) is 4.98. The summed E-state index contributed by atoms with van der Waals surface area (Å²) < 4.78 is 0. The predicted molar refractivity (Wildman–Crippen MR) is 34.1 cm³/mol. The molecule has 0 aliphatic heterocycles. The second-order valence-corrected chi connectivity index (χ2v) is 0.316. The van der Waals surface area contributed by atoms with Gasteiger partial charge in [0.2, 0.25) is 0 Å². The van der Waals surface area contributed by atoms with E-state index < -0.39 is 0 Å². The minimum absolute atomic E-state index is 0. The molecule has 7 N–H and O–H groups in total. The number of aliphatic hydroxyl groups excluding tert-OH is 1. The quantitative estimate of drug-likeness (QED) is 0.406.